The second-order valence-electron chi connectivity index (χ2n) is 8.37. The van der Waals surface area contributed by atoms with Gasteiger partial charge in [-0.1, -0.05) is 30.3 Å². The summed E-state index contributed by atoms with van der Waals surface area (Å²) in [5, 5.41) is 25.3. The van der Waals surface area contributed by atoms with E-state index in [-0.39, 0.29) is 12.8 Å². The third kappa shape index (κ3) is 12.0. The zero-order valence-electron chi connectivity index (χ0n) is 20.2. The third-order valence-electron chi connectivity index (χ3n) is 5.25. The van der Waals surface area contributed by atoms with Gasteiger partial charge in [0.15, 0.2) is 0 Å². The molecule has 0 saturated carbocycles. The number of benzene rings is 1. The Morgan fingerprint density at radius 2 is 1.35 bits per heavy atom. The molecule has 11 N–H and O–H groups in total. The molecule has 0 spiro atoms. The normalized spacial score (nSPS) is 13.9. The molecule has 14 nitrogen and oxygen atoms in total. The highest BCUT2D eigenvalue weighted by atomic mass is 16.4. The molecule has 0 radical (unpaired) electrons. The second-order valence-corrected chi connectivity index (χ2v) is 8.37. The molecule has 4 atom stereocenters. The first kappa shape index (κ1) is 31.0. The molecule has 0 aromatic heterocycles. The Morgan fingerprint density at radius 3 is 1.89 bits per heavy atom. The SMILES string of the molecule is NCCCCC(NC(=O)C(N)CC(=O)O)C(=O)NC(CC(N)=O)C(=O)NC(Cc1ccccc1)C(=O)O. The Kier molecular flexibility index (Phi) is 13.3. The van der Waals surface area contributed by atoms with Crippen LogP contribution in [0.2, 0.25) is 0 Å². The molecule has 204 valence electrons. The van der Waals surface area contributed by atoms with E-state index in [1.807, 2.05) is 0 Å². The molecule has 0 aliphatic rings. The Balaban J connectivity index is 3.01. The Morgan fingerprint density at radius 1 is 0.784 bits per heavy atom. The number of rotatable bonds is 17. The summed E-state index contributed by atoms with van der Waals surface area (Å²) < 4.78 is 0. The zero-order chi connectivity index (χ0) is 28.0. The van der Waals surface area contributed by atoms with E-state index in [0.717, 1.165) is 0 Å². The van der Waals surface area contributed by atoms with Crippen LogP contribution in [0.5, 0.6) is 0 Å². The standard InChI is InChI=1S/C23H34N6O8/c24-9-5-4-8-15(27-20(33)14(25)11-19(31)32)21(34)28-16(12-18(26)30)22(35)29-17(23(36)37)10-13-6-2-1-3-7-13/h1-3,6-7,14-17H,4-5,8-12,24-25H2,(H2,26,30)(H,27,33)(H,28,34)(H,29,35)(H,31,32)(H,36,37). The quantitative estimate of drug-likeness (QED) is 0.100. The maximum Gasteiger partial charge on any atom is 0.326 e. The maximum atomic E-state index is 13.0. The molecule has 1 aromatic carbocycles. The van der Waals surface area contributed by atoms with Crippen molar-refractivity contribution in [2.45, 2.75) is 62.7 Å². The summed E-state index contributed by atoms with van der Waals surface area (Å²) >= 11 is 0. The van der Waals surface area contributed by atoms with E-state index in [4.69, 9.17) is 22.3 Å². The maximum absolute atomic E-state index is 13.0. The van der Waals surface area contributed by atoms with Gasteiger partial charge in [-0.25, -0.2) is 4.79 Å². The average molecular weight is 523 g/mol. The Labute approximate surface area is 213 Å². The molecule has 0 aliphatic carbocycles. The van der Waals surface area contributed by atoms with E-state index < -0.39 is 72.6 Å². The predicted molar refractivity (Wildman–Crippen MR) is 131 cm³/mol. The minimum atomic E-state index is -1.54. The van der Waals surface area contributed by atoms with E-state index in [9.17, 15) is 33.9 Å². The fraction of sp³-hybridized carbons (Fsp3) is 0.478. The van der Waals surface area contributed by atoms with Crippen LogP contribution in [0.1, 0.15) is 37.7 Å². The molecule has 0 fully saturated rings. The summed E-state index contributed by atoms with van der Waals surface area (Å²) in [6.07, 6.45) is -0.395. The lowest BCUT2D eigenvalue weighted by atomic mass is 10.0. The van der Waals surface area contributed by atoms with Crippen LogP contribution < -0.4 is 33.2 Å². The summed E-state index contributed by atoms with van der Waals surface area (Å²) in [6, 6.07) is 2.93. The molecule has 0 bridgehead atoms. The van der Waals surface area contributed by atoms with Crippen molar-refractivity contribution in [1.29, 1.82) is 0 Å². The van der Waals surface area contributed by atoms with Gasteiger partial charge in [0.25, 0.3) is 0 Å². The van der Waals surface area contributed by atoms with E-state index in [0.29, 0.717) is 24.9 Å². The van der Waals surface area contributed by atoms with Crippen LogP contribution in [-0.4, -0.2) is 76.5 Å². The van der Waals surface area contributed by atoms with Gasteiger partial charge in [-0.15, -0.1) is 0 Å². The van der Waals surface area contributed by atoms with Crippen LogP contribution in [0.4, 0.5) is 0 Å². The number of amides is 4. The minimum absolute atomic E-state index is 0.0572. The topological polar surface area (TPSA) is 257 Å². The lowest BCUT2D eigenvalue weighted by Gasteiger charge is -2.24. The number of nitrogens with one attached hydrogen (secondary N) is 3. The number of unbranched alkanes of at least 4 members (excludes halogenated alkanes) is 1. The van der Waals surface area contributed by atoms with Crippen molar-refractivity contribution in [3.8, 4) is 0 Å². The van der Waals surface area contributed by atoms with Crippen molar-refractivity contribution in [1.82, 2.24) is 16.0 Å². The predicted octanol–water partition coefficient (Wildman–Crippen LogP) is -2.43. The first-order chi connectivity index (χ1) is 17.4. The second kappa shape index (κ2) is 15.9. The fourth-order valence-corrected chi connectivity index (χ4v) is 3.33. The molecular weight excluding hydrogens is 488 g/mol. The molecule has 0 aliphatic heterocycles. The average Bonchev–Trinajstić information content (AvgIpc) is 2.82. The monoisotopic (exact) mass is 522 g/mol. The summed E-state index contributed by atoms with van der Waals surface area (Å²) in [4.78, 5) is 72.3. The summed E-state index contributed by atoms with van der Waals surface area (Å²) in [7, 11) is 0. The van der Waals surface area contributed by atoms with E-state index in [2.05, 4.69) is 16.0 Å². The van der Waals surface area contributed by atoms with Gasteiger partial charge >= 0.3 is 11.9 Å². The fourth-order valence-electron chi connectivity index (χ4n) is 3.33. The number of carboxylic acids is 2. The number of hydrogen-bond acceptors (Lipinski definition) is 8. The molecule has 1 rings (SSSR count). The number of hydrogen-bond donors (Lipinski definition) is 8. The van der Waals surface area contributed by atoms with Gasteiger partial charge < -0.3 is 43.4 Å². The molecule has 0 saturated heterocycles. The van der Waals surface area contributed by atoms with Crippen molar-refractivity contribution in [2.24, 2.45) is 17.2 Å². The van der Waals surface area contributed by atoms with Crippen LogP contribution in [-0.2, 0) is 35.2 Å². The largest absolute Gasteiger partial charge is 0.481 e. The highest BCUT2D eigenvalue weighted by Crippen LogP contribution is 2.07. The van der Waals surface area contributed by atoms with Crippen LogP contribution in [0.25, 0.3) is 0 Å². The molecule has 0 heterocycles. The van der Waals surface area contributed by atoms with Crippen molar-refractivity contribution < 1.29 is 39.0 Å². The summed E-state index contributed by atoms with van der Waals surface area (Å²) in [5.74, 6) is -6.33. The van der Waals surface area contributed by atoms with Gasteiger partial charge in [0, 0.05) is 6.42 Å². The number of carbonyl (C=O) groups is 6. The van der Waals surface area contributed by atoms with Gasteiger partial charge in [-0.05, 0) is 31.4 Å². The number of carboxylic acid groups (broad SMARTS) is 2. The van der Waals surface area contributed by atoms with Crippen LogP contribution in [0, 0.1) is 0 Å². The first-order valence-corrected chi connectivity index (χ1v) is 11.6. The number of carbonyl (C=O) groups excluding carboxylic acids is 4. The number of aliphatic carboxylic acids is 2. The molecular formula is C23H34N6O8. The molecule has 4 unspecified atom stereocenters. The Bertz CT molecular complexity index is 958. The van der Waals surface area contributed by atoms with E-state index in [1.54, 1.807) is 30.3 Å². The lowest BCUT2D eigenvalue weighted by molar-refractivity contribution is -0.142. The van der Waals surface area contributed by atoms with Crippen molar-refractivity contribution in [2.75, 3.05) is 6.54 Å². The molecule has 14 heteroatoms. The molecule has 4 amide bonds. The summed E-state index contributed by atoms with van der Waals surface area (Å²) in [6.45, 7) is 0.311. The number of primary amides is 1. The van der Waals surface area contributed by atoms with E-state index in [1.165, 1.54) is 0 Å². The van der Waals surface area contributed by atoms with Gasteiger partial charge in [0.1, 0.15) is 18.1 Å². The zero-order valence-corrected chi connectivity index (χ0v) is 20.2. The van der Waals surface area contributed by atoms with Gasteiger partial charge in [-0.2, -0.15) is 0 Å². The Hall–Kier alpha value is -4.04. The van der Waals surface area contributed by atoms with Crippen LogP contribution >= 0.6 is 0 Å². The summed E-state index contributed by atoms with van der Waals surface area (Å²) in [5.41, 5.74) is 16.9. The van der Waals surface area contributed by atoms with Crippen molar-refractivity contribution in [3.63, 3.8) is 0 Å². The highest BCUT2D eigenvalue weighted by Gasteiger charge is 2.31. The van der Waals surface area contributed by atoms with Crippen molar-refractivity contribution >= 4 is 35.6 Å². The lowest BCUT2D eigenvalue weighted by Crippen LogP contribution is -2.58. The van der Waals surface area contributed by atoms with Crippen molar-refractivity contribution in [3.05, 3.63) is 35.9 Å². The molecule has 1 aromatic rings. The number of nitrogens with two attached hydrogens (primary N) is 3. The van der Waals surface area contributed by atoms with E-state index >= 15 is 0 Å². The smallest absolute Gasteiger partial charge is 0.326 e. The highest BCUT2D eigenvalue weighted by molar-refractivity contribution is 5.96. The third-order valence-corrected chi connectivity index (χ3v) is 5.25. The first-order valence-electron chi connectivity index (χ1n) is 11.6. The van der Waals surface area contributed by atoms with Crippen LogP contribution in [0.3, 0.4) is 0 Å². The van der Waals surface area contributed by atoms with Gasteiger partial charge in [0.2, 0.25) is 23.6 Å². The molecule has 37 heavy (non-hydrogen) atoms. The van der Waals surface area contributed by atoms with Gasteiger partial charge in [-0.3, -0.25) is 24.0 Å². The van der Waals surface area contributed by atoms with Crippen LogP contribution in [0.15, 0.2) is 30.3 Å². The minimum Gasteiger partial charge on any atom is -0.481 e. The van der Waals surface area contributed by atoms with Gasteiger partial charge in [0.05, 0.1) is 18.9 Å².